The molecule has 1 aliphatic rings. The summed E-state index contributed by atoms with van der Waals surface area (Å²) in [6.07, 6.45) is 5.90. The molecule has 0 aliphatic heterocycles. The van der Waals surface area contributed by atoms with Crippen LogP contribution in [0.4, 0.5) is 0 Å². The van der Waals surface area contributed by atoms with Crippen LogP contribution < -0.4 is 5.32 Å². The van der Waals surface area contributed by atoms with Crippen LogP contribution in [0, 0.1) is 11.3 Å². The Hall–Kier alpha value is 0.110. The molecule has 3 heteroatoms. The van der Waals surface area contributed by atoms with E-state index >= 15 is 0 Å². The molecule has 0 aromatic heterocycles. The molecular weight excluding hydrogens is 254 g/mol. The summed E-state index contributed by atoms with van der Waals surface area (Å²) in [5.74, 6) is 1.46. The Bertz CT molecular complexity index is 290. The van der Waals surface area contributed by atoms with Crippen molar-refractivity contribution < 1.29 is 4.21 Å². The normalized spacial score (nSPS) is 29.9. The Kier molecular flexibility index (Phi) is 7.02. The summed E-state index contributed by atoms with van der Waals surface area (Å²) in [5.41, 5.74) is 0.281. The number of hydrogen-bond donors (Lipinski definition) is 1. The van der Waals surface area contributed by atoms with Crippen LogP contribution in [0.1, 0.15) is 66.7 Å². The van der Waals surface area contributed by atoms with Crippen molar-refractivity contribution in [3.63, 3.8) is 0 Å². The Labute approximate surface area is 122 Å². The fraction of sp³-hybridized carbons (Fsp3) is 1.00. The van der Waals surface area contributed by atoms with Crippen molar-refractivity contribution >= 4 is 10.8 Å². The van der Waals surface area contributed by atoms with Gasteiger partial charge in [0, 0.05) is 22.6 Å². The van der Waals surface area contributed by atoms with Gasteiger partial charge in [-0.15, -0.1) is 0 Å². The van der Waals surface area contributed by atoms with E-state index in [9.17, 15) is 4.21 Å². The Morgan fingerprint density at radius 3 is 2.63 bits per heavy atom. The molecule has 2 nitrogen and oxygen atoms in total. The van der Waals surface area contributed by atoms with Gasteiger partial charge in [-0.05, 0) is 37.1 Å². The van der Waals surface area contributed by atoms with Gasteiger partial charge < -0.3 is 5.32 Å². The highest BCUT2D eigenvalue weighted by molar-refractivity contribution is 7.85. The number of hydrogen-bond acceptors (Lipinski definition) is 2. The minimum absolute atomic E-state index is 0.281. The molecule has 0 aromatic carbocycles. The Morgan fingerprint density at radius 2 is 2.05 bits per heavy atom. The summed E-state index contributed by atoms with van der Waals surface area (Å²) in [6.45, 7) is 12.3. The Balaban J connectivity index is 2.73. The third kappa shape index (κ3) is 4.86. The summed E-state index contributed by atoms with van der Waals surface area (Å²) in [6, 6.07) is 0.422. The molecule has 19 heavy (non-hydrogen) atoms. The maximum Gasteiger partial charge on any atom is 0.0506 e. The molecule has 0 heterocycles. The predicted octanol–water partition coefficient (Wildman–Crippen LogP) is 3.73. The van der Waals surface area contributed by atoms with Gasteiger partial charge in [0.1, 0.15) is 0 Å². The molecule has 0 bridgehead atoms. The van der Waals surface area contributed by atoms with Gasteiger partial charge in [-0.3, -0.25) is 4.21 Å². The van der Waals surface area contributed by atoms with Crippen LogP contribution in [0.25, 0.3) is 0 Å². The van der Waals surface area contributed by atoms with E-state index in [1.54, 1.807) is 0 Å². The zero-order valence-electron chi connectivity index (χ0n) is 13.5. The van der Waals surface area contributed by atoms with Crippen molar-refractivity contribution in [1.29, 1.82) is 0 Å². The van der Waals surface area contributed by atoms with Crippen LogP contribution >= 0.6 is 0 Å². The molecule has 0 radical (unpaired) electrons. The molecule has 114 valence electrons. The van der Waals surface area contributed by atoms with E-state index in [0.717, 1.165) is 31.6 Å². The van der Waals surface area contributed by atoms with Gasteiger partial charge in [0.05, 0.1) is 5.25 Å². The van der Waals surface area contributed by atoms with Crippen molar-refractivity contribution in [2.24, 2.45) is 11.3 Å². The summed E-state index contributed by atoms with van der Waals surface area (Å²) in [7, 11) is -0.679. The van der Waals surface area contributed by atoms with E-state index in [2.05, 4.69) is 39.9 Å². The second-order valence-corrected chi connectivity index (χ2v) is 8.61. The van der Waals surface area contributed by atoms with Crippen molar-refractivity contribution in [2.45, 2.75) is 78.0 Å². The minimum atomic E-state index is -0.679. The predicted molar refractivity (Wildman–Crippen MR) is 86.0 cm³/mol. The highest BCUT2D eigenvalue weighted by Gasteiger charge is 2.41. The van der Waals surface area contributed by atoms with E-state index in [0.29, 0.717) is 17.2 Å². The van der Waals surface area contributed by atoms with Gasteiger partial charge in [-0.25, -0.2) is 0 Å². The highest BCUT2D eigenvalue weighted by Crippen LogP contribution is 2.38. The first-order chi connectivity index (χ1) is 8.92. The third-order valence-corrected chi connectivity index (χ3v) is 6.70. The monoisotopic (exact) mass is 287 g/mol. The molecule has 4 unspecified atom stereocenters. The van der Waals surface area contributed by atoms with Crippen LogP contribution in [-0.4, -0.2) is 27.8 Å². The lowest BCUT2D eigenvalue weighted by molar-refractivity contribution is 0.173. The van der Waals surface area contributed by atoms with Gasteiger partial charge in [0.15, 0.2) is 0 Å². The minimum Gasteiger partial charge on any atom is -0.312 e. The SMILES string of the molecule is CCCNC1C(S(=O)CC(C)CC)CCCC1(C)C. The van der Waals surface area contributed by atoms with Gasteiger partial charge in [0.25, 0.3) is 0 Å². The summed E-state index contributed by atoms with van der Waals surface area (Å²) in [4.78, 5) is 0. The molecule has 1 rings (SSSR count). The standard InChI is InChI=1S/C16H33NOS/c1-6-11-17-15-14(9-8-10-16(15,4)5)19(18)12-13(3)7-2/h13-15,17H,6-12H2,1-5H3. The summed E-state index contributed by atoms with van der Waals surface area (Å²) >= 11 is 0. The van der Waals surface area contributed by atoms with Gasteiger partial charge in [-0.1, -0.05) is 47.5 Å². The van der Waals surface area contributed by atoms with Crippen molar-refractivity contribution in [3.05, 3.63) is 0 Å². The molecule has 1 N–H and O–H groups in total. The lowest BCUT2D eigenvalue weighted by atomic mass is 9.73. The maximum atomic E-state index is 12.7. The van der Waals surface area contributed by atoms with E-state index < -0.39 is 10.8 Å². The quantitative estimate of drug-likeness (QED) is 0.773. The molecule has 0 amide bonds. The van der Waals surface area contributed by atoms with Crippen molar-refractivity contribution in [3.8, 4) is 0 Å². The van der Waals surface area contributed by atoms with Crippen LogP contribution in [0.5, 0.6) is 0 Å². The van der Waals surface area contributed by atoms with E-state index in [1.807, 2.05) is 0 Å². The van der Waals surface area contributed by atoms with E-state index in [4.69, 9.17) is 0 Å². The lowest BCUT2D eigenvalue weighted by Gasteiger charge is -2.44. The maximum absolute atomic E-state index is 12.7. The molecule has 1 saturated carbocycles. The molecule has 1 aliphatic carbocycles. The van der Waals surface area contributed by atoms with Crippen LogP contribution in [-0.2, 0) is 10.8 Å². The van der Waals surface area contributed by atoms with E-state index in [1.165, 1.54) is 12.8 Å². The molecule has 0 spiro atoms. The van der Waals surface area contributed by atoms with Crippen LogP contribution in [0.3, 0.4) is 0 Å². The van der Waals surface area contributed by atoms with Crippen molar-refractivity contribution in [2.75, 3.05) is 12.3 Å². The fourth-order valence-electron chi connectivity index (χ4n) is 3.10. The van der Waals surface area contributed by atoms with Crippen LogP contribution in [0.15, 0.2) is 0 Å². The highest BCUT2D eigenvalue weighted by atomic mass is 32.2. The second-order valence-electron chi connectivity index (χ2n) is 6.91. The number of rotatable bonds is 7. The molecule has 1 fully saturated rings. The first-order valence-electron chi connectivity index (χ1n) is 8.03. The lowest BCUT2D eigenvalue weighted by Crippen LogP contribution is -2.54. The first-order valence-corrected chi connectivity index (χ1v) is 9.41. The topological polar surface area (TPSA) is 29.1 Å². The zero-order chi connectivity index (χ0) is 14.5. The average Bonchev–Trinajstić information content (AvgIpc) is 2.36. The summed E-state index contributed by atoms with van der Waals surface area (Å²) in [5, 5.41) is 4.04. The average molecular weight is 288 g/mol. The van der Waals surface area contributed by atoms with Gasteiger partial charge in [0.2, 0.25) is 0 Å². The molecule has 4 atom stereocenters. The van der Waals surface area contributed by atoms with Gasteiger partial charge >= 0.3 is 0 Å². The first kappa shape index (κ1) is 17.2. The molecule has 0 aromatic rings. The van der Waals surface area contributed by atoms with Crippen molar-refractivity contribution in [1.82, 2.24) is 5.32 Å². The number of nitrogens with one attached hydrogen (secondary N) is 1. The van der Waals surface area contributed by atoms with E-state index in [-0.39, 0.29) is 5.41 Å². The van der Waals surface area contributed by atoms with Gasteiger partial charge in [-0.2, -0.15) is 0 Å². The second kappa shape index (κ2) is 7.78. The fourth-order valence-corrected chi connectivity index (χ4v) is 5.34. The smallest absolute Gasteiger partial charge is 0.0506 e. The molecule has 0 saturated heterocycles. The zero-order valence-corrected chi connectivity index (χ0v) is 14.3. The van der Waals surface area contributed by atoms with Crippen LogP contribution in [0.2, 0.25) is 0 Å². The third-order valence-electron chi connectivity index (χ3n) is 4.62. The largest absolute Gasteiger partial charge is 0.312 e. The Morgan fingerprint density at radius 1 is 1.37 bits per heavy atom. The summed E-state index contributed by atoms with van der Waals surface area (Å²) < 4.78 is 12.7. The molecular formula is C16H33NOS.